The van der Waals surface area contributed by atoms with Crippen molar-refractivity contribution < 1.29 is 9.53 Å². The first-order valence-corrected chi connectivity index (χ1v) is 9.78. The van der Waals surface area contributed by atoms with Crippen LogP contribution in [0.25, 0.3) is 0 Å². The molecule has 0 spiro atoms. The molecule has 1 aromatic rings. The number of hydrogen-bond acceptors (Lipinski definition) is 4. The molecule has 2 unspecified atom stereocenters. The minimum absolute atomic E-state index is 0. The Morgan fingerprint density at radius 3 is 2.68 bits per heavy atom. The Hall–Kier alpha value is -1.39. The van der Waals surface area contributed by atoms with Gasteiger partial charge in [0.15, 0.2) is 5.96 Å². The summed E-state index contributed by atoms with van der Waals surface area (Å²) in [5.41, 5.74) is 0.953. The maximum absolute atomic E-state index is 12.4. The summed E-state index contributed by atoms with van der Waals surface area (Å²) in [4.78, 5) is 21.0. The normalized spacial score (nSPS) is 21.9. The van der Waals surface area contributed by atoms with Crippen molar-refractivity contribution in [1.82, 2.24) is 15.5 Å². The molecule has 2 atom stereocenters. The molecule has 0 aliphatic carbocycles. The van der Waals surface area contributed by atoms with Gasteiger partial charge in [0, 0.05) is 51.9 Å². The van der Waals surface area contributed by atoms with Crippen LogP contribution in [0.2, 0.25) is 0 Å². The number of amides is 1. The van der Waals surface area contributed by atoms with Gasteiger partial charge in [-0.3, -0.25) is 14.7 Å². The highest BCUT2D eigenvalue weighted by atomic mass is 127. The van der Waals surface area contributed by atoms with Gasteiger partial charge in [0.1, 0.15) is 0 Å². The number of nitrogens with zero attached hydrogens (tertiary/aromatic N) is 3. The minimum Gasteiger partial charge on any atom is -0.379 e. The molecular formula is C20H32IN5O2. The Labute approximate surface area is 184 Å². The first kappa shape index (κ1) is 22.9. The summed E-state index contributed by atoms with van der Waals surface area (Å²) in [6.07, 6.45) is 0.485. The maximum atomic E-state index is 12.4. The van der Waals surface area contributed by atoms with E-state index in [-0.39, 0.29) is 35.9 Å². The highest BCUT2D eigenvalue weighted by Crippen LogP contribution is 2.20. The zero-order valence-corrected chi connectivity index (χ0v) is 19.1. The molecule has 0 saturated carbocycles. The van der Waals surface area contributed by atoms with Crippen LogP contribution in [0, 0.1) is 5.92 Å². The predicted molar refractivity (Wildman–Crippen MR) is 124 cm³/mol. The Morgan fingerprint density at radius 1 is 1.29 bits per heavy atom. The number of aliphatic imine (C=N–C) groups is 1. The number of benzene rings is 1. The van der Waals surface area contributed by atoms with E-state index >= 15 is 0 Å². The van der Waals surface area contributed by atoms with Crippen molar-refractivity contribution in [3.63, 3.8) is 0 Å². The van der Waals surface area contributed by atoms with Crippen LogP contribution in [-0.4, -0.2) is 75.8 Å². The van der Waals surface area contributed by atoms with Gasteiger partial charge in [0.25, 0.3) is 0 Å². The van der Waals surface area contributed by atoms with Crippen LogP contribution in [0.3, 0.4) is 0 Å². The molecule has 2 aliphatic rings. The number of carbonyl (C=O) groups excluding carboxylic acids is 1. The lowest BCUT2D eigenvalue weighted by molar-refractivity contribution is -0.117. The van der Waals surface area contributed by atoms with Gasteiger partial charge in [0.05, 0.1) is 19.3 Å². The van der Waals surface area contributed by atoms with E-state index in [1.807, 2.05) is 35.2 Å². The van der Waals surface area contributed by atoms with Gasteiger partial charge in [-0.1, -0.05) is 25.1 Å². The Morgan fingerprint density at radius 2 is 2.00 bits per heavy atom. The molecule has 0 bridgehead atoms. The number of rotatable bonds is 6. The fraction of sp³-hybridized carbons (Fsp3) is 0.600. The third-order valence-corrected chi connectivity index (χ3v) is 5.05. The van der Waals surface area contributed by atoms with Gasteiger partial charge in [0.2, 0.25) is 5.91 Å². The highest BCUT2D eigenvalue weighted by Gasteiger charge is 2.31. The SMILES string of the molecule is CN=C(NCC(C)CN1CCOCC1)NC1CC(=O)N(c2ccccc2)C1.I. The Balaban J connectivity index is 0.00000280. The number of ether oxygens (including phenoxy) is 1. The molecule has 28 heavy (non-hydrogen) atoms. The second kappa shape index (κ2) is 11.6. The molecule has 0 aromatic heterocycles. The Kier molecular flexibility index (Phi) is 9.46. The van der Waals surface area contributed by atoms with Crippen molar-refractivity contribution in [3.05, 3.63) is 30.3 Å². The number of carbonyl (C=O) groups is 1. The number of morpholine rings is 1. The fourth-order valence-corrected chi connectivity index (χ4v) is 3.61. The molecule has 8 heteroatoms. The van der Waals surface area contributed by atoms with E-state index in [0.29, 0.717) is 18.9 Å². The van der Waals surface area contributed by atoms with Crippen LogP contribution in [0.4, 0.5) is 5.69 Å². The number of halogens is 1. The Bertz CT molecular complexity index is 637. The molecule has 1 amide bonds. The molecule has 3 rings (SSSR count). The van der Waals surface area contributed by atoms with Gasteiger partial charge in [-0.25, -0.2) is 0 Å². The van der Waals surface area contributed by atoms with E-state index in [0.717, 1.165) is 51.0 Å². The van der Waals surface area contributed by atoms with E-state index < -0.39 is 0 Å². The van der Waals surface area contributed by atoms with E-state index in [9.17, 15) is 4.79 Å². The number of nitrogens with one attached hydrogen (secondary N) is 2. The summed E-state index contributed by atoms with van der Waals surface area (Å²) in [5.74, 6) is 1.42. The average molecular weight is 501 g/mol. The summed E-state index contributed by atoms with van der Waals surface area (Å²) in [6, 6.07) is 9.89. The predicted octanol–water partition coefficient (Wildman–Crippen LogP) is 1.54. The van der Waals surface area contributed by atoms with Gasteiger partial charge < -0.3 is 20.3 Å². The summed E-state index contributed by atoms with van der Waals surface area (Å²) in [6.45, 7) is 8.48. The second-order valence-corrected chi connectivity index (χ2v) is 7.36. The molecule has 7 nitrogen and oxygen atoms in total. The number of hydrogen-bond donors (Lipinski definition) is 2. The molecule has 1 aromatic carbocycles. The molecule has 2 aliphatic heterocycles. The minimum atomic E-state index is 0. The summed E-state index contributed by atoms with van der Waals surface area (Å²) in [5, 5.41) is 6.80. The second-order valence-electron chi connectivity index (χ2n) is 7.36. The van der Waals surface area contributed by atoms with Crippen molar-refractivity contribution in [3.8, 4) is 0 Å². The standard InChI is InChI=1S/C20H31N5O2.HI/c1-16(14-24-8-10-27-11-9-24)13-22-20(21-2)23-17-12-19(26)25(15-17)18-6-4-3-5-7-18;/h3-7,16-17H,8-15H2,1-2H3,(H2,21,22,23);1H. The van der Waals surface area contributed by atoms with E-state index in [4.69, 9.17) is 4.74 Å². The monoisotopic (exact) mass is 501 g/mol. The van der Waals surface area contributed by atoms with Crippen LogP contribution in [0.5, 0.6) is 0 Å². The largest absolute Gasteiger partial charge is 0.379 e. The number of guanidine groups is 1. The third kappa shape index (κ3) is 6.59. The van der Waals surface area contributed by atoms with Crippen LogP contribution < -0.4 is 15.5 Å². The van der Waals surface area contributed by atoms with Gasteiger partial charge in [-0.2, -0.15) is 0 Å². The summed E-state index contributed by atoms with van der Waals surface area (Å²) >= 11 is 0. The van der Waals surface area contributed by atoms with Crippen molar-refractivity contribution in [2.24, 2.45) is 10.9 Å². The van der Waals surface area contributed by atoms with Crippen LogP contribution in [-0.2, 0) is 9.53 Å². The first-order valence-electron chi connectivity index (χ1n) is 9.78. The van der Waals surface area contributed by atoms with Crippen molar-refractivity contribution in [2.45, 2.75) is 19.4 Å². The van der Waals surface area contributed by atoms with Gasteiger partial charge in [-0.15, -0.1) is 24.0 Å². The van der Waals surface area contributed by atoms with Crippen molar-refractivity contribution in [2.75, 3.05) is 57.9 Å². The van der Waals surface area contributed by atoms with Gasteiger partial charge >= 0.3 is 0 Å². The van der Waals surface area contributed by atoms with E-state index in [2.05, 4.69) is 27.4 Å². The maximum Gasteiger partial charge on any atom is 0.229 e. The molecule has 2 fully saturated rings. The topological polar surface area (TPSA) is 69.2 Å². The zero-order chi connectivity index (χ0) is 19.1. The lowest BCUT2D eigenvalue weighted by atomic mass is 10.1. The van der Waals surface area contributed by atoms with Crippen LogP contribution >= 0.6 is 24.0 Å². The first-order chi connectivity index (χ1) is 13.2. The quantitative estimate of drug-likeness (QED) is 0.352. The molecule has 156 valence electrons. The molecular weight excluding hydrogens is 469 g/mol. The third-order valence-electron chi connectivity index (χ3n) is 5.05. The molecule has 2 heterocycles. The van der Waals surface area contributed by atoms with Crippen molar-refractivity contribution in [1.29, 1.82) is 0 Å². The fourth-order valence-electron chi connectivity index (χ4n) is 3.61. The van der Waals surface area contributed by atoms with Crippen LogP contribution in [0.1, 0.15) is 13.3 Å². The lowest BCUT2D eigenvalue weighted by Crippen LogP contribution is -2.47. The molecule has 2 saturated heterocycles. The lowest BCUT2D eigenvalue weighted by Gasteiger charge is -2.29. The van der Waals surface area contributed by atoms with E-state index in [1.165, 1.54) is 0 Å². The highest BCUT2D eigenvalue weighted by molar-refractivity contribution is 14.0. The number of para-hydroxylation sites is 1. The van der Waals surface area contributed by atoms with Crippen LogP contribution in [0.15, 0.2) is 35.3 Å². The van der Waals surface area contributed by atoms with Gasteiger partial charge in [-0.05, 0) is 18.1 Å². The average Bonchev–Trinajstić information content (AvgIpc) is 3.06. The van der Waals surface area contributed by atoms with E-state index in [1.54, 1.807) is 7.05 Å². The summed E-state index contributed by atoms with van der Waals surface area (Å²) in [7, 11) is 1.77. The number of anilines is 1. The van der Waals surface area contributed by atoms with Crippen molar-refractivity contribution >= 4 is 41.5 Å². The summed E-state index contributed by atoms with van der Waals surface area (Å²) < 4.78 is 5.40. The smallest absolute Gasteiger partial charge is 0.229 e. The molecule has 2 N–H and O–H groups in total. The zero-order valence-electron chi connectivity index (χ0n) is 16.8. The molecule has 0 radical (unpaired) electrons.